The Labute approximate surface area is 339 Å². The third-order valence-corrected chi connectivity index (χ3v) is 10.9. The fraction of sp³-hybridized carbons (Fsp3) is 0.810. The molecule has 1 aliphatic rings. The molecule has 1 rings (SSSR count). The van der Waals surface area contributed by atoms with Gasteiger partial charge in [0.1, 0.15) is 55.9 Å². The van der Waals surface area contributed by atoms with Gasteiger partial charge in [0.2, 0.25) is 0 Å². The Morgan fingerprint density at radius 1 is 0.702 bits per heavy atom. The monoisotopic (exact) mass is 819 g/mol. The molecule has 57 heavy (non-hydrogen) atoms. The highest BCUT2D eigenvalue weighted by molar-refractivity contribution is 5.87. The van der Waals surface area contributed by atoms with E-state index in [9.17, 15) is 50.4 Å². The maximum atomic E-state index is 12.5. The Bertz CT molecular complexity index is 1300. The second-order valence-electron chi connectivity index (χ2n) is 16.5. The van der Waals surface area contributed by atoms with E-state index < -0.39 is 104 Å². The molecule has 0 aromatic rings. The van der Waals surface area contributed by atoms with Crippen LogP contribution in [0, 0.1) is 35.5 Å². The summed E-state index contributed by atoms with van der Waals surface area (Å²) in [7, 11) is 0. The number of esters is 2. The van der Waals surface area contributed by atoms with Crippen molar-refractivity contribution >= 4 is 11.9 Å². The molecular formula is C42H74O15. The molecule has 0 amide bonds. The van der Waals surface area contributed by atoms with Gasteiger partial charge in [-0.3, -0.25) is 4.79 Å². The van der Waals surface area contributed by atoms with Gasteiger partial charge in [-0.2, -0.15) is 0 Å². The van der Waals surface area contributed by atoms with E-state index in [2.05, 4.69) is 20.8 Å². The summed E-state index contributed by atoms with van der Waals surface area (Å²) in [5, 5.41) is 92.7. The van der Waals surface area contributed by atoms with Crippen LogP contribution < -0.4 is 0 Å². The number of hydrogen-bond donors (Lipinski definition) is 9. The van der Waals surface area contributed by atoms with Crippen LogP contribution in [0.5, 0.6) is 0 Å². The Hall–Kier alpha value is -2.28. The van der Waals surface area contributed by atoms with E-state index in [1.54, 1.807) is 33.8 Å². The molecule has 15 heteroatoms. The highest BCUT2D eigenvalue weighted by atomic mass is 16.7. The molecule has 1 saturated heterocycles. The lowest BCUT2D eigenvalue weighted by Crippen LogP contribution is -2.60. The van der Waals surface area contributed by atoms with Crippen molar-refractivity contribution in [2.45, 2.75) is 163 Å². The fourth-order valence-corrected chi connectivity index (χ4v) is 7.35. The van der Waals surface area contributed by atoms with Crippen LogP contribution in [0.25, 0.3) is 0 Å². The third kappa shape index (κ3) is 17.1. The molecule has 1 heterocycles. The van der Waals surface area contributed by atoms with Crippen molar-refractivity contribution in [3.63, 3.8) is 0 Å². The van der Waals surface area contributed by atoms with Crippen LogP contribution in [0.3, 0.4) is 0 Å². The molecule has 0 aliphatic carbocycles. The van der Waals surface area contributed by atoms with Gasteiger partial charge in [-0.25, -0.2) is 4.79 Å². The van der Waals surface area contributed by atoms with Crippen molar-refractivity contribution in [2.75, 3.05) is 19.8 Å². The standard InChI is InChI=1S/C42H74O15/c1-12-21(2)13-22(3)14-27(8)40(57-42-39(52)38(51)37(50)33(56-42)20-54-30(11)44)28(9)16-25(6)34(47)23(4)15-24(5)35(48)26(7)17-29(10)41(53)55-19-32(46)36(49)31(45)18-43/h15-17,21-23,26-28,31-40,42-43,45-52H,12-14,18-20H2,1-11H3/b24-15+,25-16+,29-17+/t21-,22-,23-,26-,27-,28-,31+,32+,33+,34-,35+,36+,37+,38-,39+,40+,42-/m0/s1. The number of carbonyl (C=O) groups is 2. The van der Waals surface area contributed by atoms with Crippen molar-refractivity contribution in [1.29, 1.82) is 0 Å². The topological polar surface area (TPSA) is 253 Å². The van der Waals surface area contributed by atoms with Gasteiger partial charge in [0.15, 0.2) is 6.29 Å². The first-order valence-corrected chi connectivity index (χ1v) is 20.2. The molecule has 0 radical (unpaired) electrons. The van der Waals surface area contributed by atoms with E-state index in [-0.39, 0.29) is 24.0 Å². The summed E-state index contributed by atoms with van der Waals surface area (Å²) in [5.74, 6) is -1.96. The molecule has 0 spiro atoms. The van der Waals surface area contributed by atoms with Crippen LogP contribution in [0.15, 0.2) is 34.9 Å². The van der Waals surface area contributed by atoms with E-state index in [1.165, 1.54) is 19.9 Å². The van der Waals surface area contributed by atoms with Crippen LogP contribution in [-0.4, -0.2) is 145 Å². The van der Waals surface area contributed by atoms with Crippen molar-refractivity contribution < 1.29 is 74.5 Å². The van der Waals surface area contributed by atoms with Crippen molar-refractivity contribution in [1.82, 2.24) is 0 Å². The van der Waals surface area contributed by atoms with Crippen LogP contribution >= 0.6 is 0 Å². The highest BCUT2D eigenvalue weighted by Crippen LogP contribution is 2.33. The van der Waals surface area contributed by atoms with E-state index >= 15 is 0 Å². The highest BCUT2D eigenvalue weighted by Gasteiger charge is 2.46. The molecule has 15 nitrogen and oxygen atoms in total. The smallest absolute Gasteiger partial charge is 0.333 e. The molecule has 0 saturated carbocycles. The predicted octanol–water partition coefficient (Wildman–Crippen LogP) is 1.93. The minimum absolute atomic E-state index is 0.0761. The lowest BCUT2D eigenvalue weighted by atomic mass is 9.82. The Balaban J connectivity index is 3.20. The number of ether oxygens (including phenoxy) is 4. The van der Waals surface area contributed by atoms with Gasteiger partial charge in [-0.05, 0) is 62.5 Å². The second-order valence-corrected chi connectivity index (χ2v) is 16.5. The van der Waals surface area contributed by atoms with Gasteiger partial charge in [-0.15, -0.1) is 0 Å². The summed E-state index contributed by atoms with van der Waals surface area (Å²) in [6.45, 7) is 18.4. The molecule has 1 aliphatic heterocycles. The first-order valence-electron chi connectivity index (χ1n) is 20.2. The van der Waals surface area contributed by atoms with Crippen LogP contribution in [-0.2, 0) is 28.5 Å². The molecule has 0 bridgehead atoms. The zero-order chi connectivity index (χ0) is 43.9. The van der Waals surface area contributed by atoms with Crippen molar-refractivity contribution in [2.24, 2.45) is 35.5 Å². The number of hydrogen-bond acceptors (Lipinski definition) is 15. The second kappa shape index (κ2) is 25.4. The first-order chi connectivity index (χ1) is 26.5. The molecular weight excluding hydrogens is 744 g/mol. The molecule has 0 aromatic heterocycles. The van der Waals surface area contributed by atoms with Gasteiger partial charge < -0.3 is 64.9 Å². The van der Waals surface area contributed by atoms with E-state index in [1.807, 2.05) is 19.9 Å². The fourth-order valence-electron chi connectivity index (χ4n) is 7.35. The largest absolute Gasteiger partial charge is 0.463 e. The third-order valence-electron chi connectivity index (χ3n) is 10.9. The summed E-state index contributed by atoms with van der Waals surface area (Å²) in [6.07, 6.45) is -6.74. The minimum Gasteiger partial charge on any atom is -0.463 e. The van der Waals surface area contributed by atoms with Gasteiger partial charge >= 0.3 is 11.9 Å². The summed E-state index contributed by atoms with van der Waals surface area (Å²) in [5.41, 5.74) is 1.30. The average molecular weight is 819 g/mol. The maximum Gasteiger partial charge on any atom is 0.333 e. The predicted molar refractivity (Wildman–Crippen MR) is 212 cm³/mol. The SMILES string of the molecule is CC[C@H](C)C[C@H](C)C[C@H](C)[C@@H](O[C@@H]1O[C@H](COC(C)=O)[C@@H](O)[C@H](O)[C@H]1O)[C@@H](C)/C=C(\C)[C@@H](O)[C@@H](C)/C=C(\C)[C@@H](O)[C@@H](C)/C=C(\C)C(=O)OC[C@@H](O)[C@H](O)[C@H](O)CO. The Morgan fingerprint density at radius 3 is 1.77 bits per heavy atom. The van der Waals surface area contributed by atoms with Crippen molar-refractivity contribution in [3.8, 4) is 0 Å². The van der Waals surface area contributed by atoms with E-state index in [4.69, 9.17) is 24.1 Å². The number of aliphatic hydroxyl groups is 9. The Kier molecular flexibility index (Phi) is 23.5. The molecule has 332 valence electrons. The van der Waals surface area contributed by atoms with Crippen LogP contribution in [0.2, 0.25) is 0 Å². The van der Waals surface area contributed by atoms with Gasteiger partial charge in [0.05, 0.1) is 24.9 Å². The van der Waals surface area contributed by atoms with Gasteiger partial charge in [-0.1, -0.05) is 73.1 Å². The maximum absolute atomic E-state index is 12.5. The summed E-state index contributed by atoms with van der Waals surface area (Å²) >= 11 is 0. The van der Waals surface area contributed by atoms with E-state index in [0.29, 0.717) is 23.0 Å². The average Bonchev–Trinajstić information content (AvgIpc) is 3.15. The molecule has 1 fully saturated rings. The summed E-state index contributed by atoms with van der Waals surface area (Å²) in [4.78, 5) is 23.9. The first kappa shape index (κ1) is 52.7. The lowest BCUT2D eigenvalue weighted by Gasteiger charge is -2.43. The van der Waals surface area contributed by atoms with Crippen LogP contribution in [0.4, 0.5) is 0 Å². The summed E-state index contributed by atoms with van der Waals surface area (Å²) in [6, 6.07) is 0. The minimum atomic E-state index is -1.71. The molecule has 0 aromatic carbocycles. The summed E-state index contributed by atoms with van der Waals surface area (Å²) < 4.78 is 22.4. The van der Waals surface area contributed by atoms with Gasteiger partial charge in [0.25, 0.3) is 0 Å². The van der Waals surface area contributed by atoms with Crippen molar-refractivity contribution in [3.05, 3.63) is 34.9 Å². The lowest BCUT2D eigenvalue weighted by molar-refractivity contribution is -0.317. The zero-order valence-corrected chi connectivity index (χ0v) is 35.8. The van der Waals surface area contributed by atoms with E-state index in [0.717, 1.165) is 19.3 Å². The number of aliphatic hydroxyl groups excluding tert-OH is 9. The molecule has 17 atom stereocenters. The zero-order valence-electron chi connectivity index (χ0n) is 35.8. The number of carbonyl (C=O) groups excluding carboxylic acids is 2. The normalized spacial score (nSPS) is 27.5. The van der Waals surface area contributed by atoms with Gasteiger partial charge in [0, 0.05) is 30.3 Å². The molecule has 0 unspecified atom stereocenters. The molecule has 9 N–H and O–H groups in total. The quantitative estimate of drug-likeness (QED) is 0.0383. The number of rotatable bonds is 24. The Morgan fingerprint density at radius 2 is 1.25 bits per heavy atom. The van der Waals surface area contributed by atoms with Crippen LogP contribution in [0.1, 0.15) is 95.4 Å².